The number of nitrogens with one attached hydrogen (secondary N) is 3. The zero-order valence-electron chi connectivity index (χ0n) is 28.7. The Morgan fingerprint density at radius 3 is 0.436 bits per heavy atom. The van der Waals surface area contributed by atoms with Crippen LogP contribution in [-0.2, 0) is 0 Å². The summed E-state index contributed by atoms with van der Waals surface area (Å²) >= 11 is 0. The van der Waals surface area contributed by atoms with Crippen molar-refractivity contribution in [3.8, 4) is 0 Å². The Balaban J connectivity index is -0.0000000218. The molecule has 6 N–H and O–H groups in total. The lowest BCUT2D eigenvalue weighted by atomic mass is 10.5. The molecule has 0 aliphatic carbocycles. The van der Waals surface area contributed by atoms with Crippen LogP contribution in [0.1, 0.15) is 40.0 Å². The van der Waals surface area contributed by atoms with E-state index in [0.717, 1.165) is 0 Å². The molecule has 15 heteroatoms. The Morgan fingerprint density at radius 2 is 0.436 bits per heavy atom. The molecule has 0 saturated heterocycles. The summed E-state index contributed by atoms with van der Waals surface area (Å²) in [6.07, 6.45) is 3.88. The normalized spacial score (nSPS) is 9.23. The molecule has 0 bridgehead atoms. The summed E-state index contributed by atoms with van der Waals surface area (Å²) in [7, 11) is 28.1. The molecule has 0 aromatic heterocycles. The van der Waals surface area contributed by atoms with Gasteiger partial charge >= 0.3 is 0 Å². The van der Waals surface area contributed by atoms with E-state index in [1.807, 2.05) is 0 Å². The van der Waals surface area contributed by atoms with E-state index in [2.05, 4.69) is 63.1 Å². The molecule has 0 radical (unpaired) electrons. The van der Waals surface area contributed by atoms with E-state index in [-0.39, 0.29) is 88.4 Å². The van der Waals surface area contributed by atoms with Crippen LogP contribution >= 0.6 is 0 Å². The van der Waals surface area contributed by atoms with Crippen molar-refractivity contribution in [2.75, 3.05) is 125 Å². The van der Waals surface area contributed by atoms with Crippen LogP contribution in [0, 0.1) is 0 Å². The van der Waals surface area contributed by atoms with Crippen molar-refractivity contribution in [1.82, 2.24) is 0 Å². The standard InChI is InChI=1S/3C5H13N.3C3H10NO.6ClH/c3*1-4-5-6(2)3;3*1-4(2,3)5;;;;;;/h3*4-5H2,1-3H3;3*5H,1-3H3;6*1H/q;;;3*+1;;;;;;/p-3. The van der Waals surface area contributed by atoms with E-state index in [1.165, 1.54) is 53.6 Å². The van der Waals surface area contributed by atoms with Gasteiger partial charge in [-0.1, -0.05) is 20.8 Å². The second-order valence-corrected chi connectivity index (χ2v) is 11.7. The maximum absolute atomic E-state index is 8.46. The number of hydrogen-bond acceptors (Lipinski definition) is 3. The van der Waals surface area contributed by atoms with E-state index < -0.39 is 0 Å². The van der Waals surface area contributed by atoms with Gasteiger partial charge in [0.1, 0.15) is 0 Å². The molecule has 0 saturated carbocycles. The fourth-order valence-corrected chi connectivity index (χ4v) is 1.50. The van der Waals surface area contributed by atoms with Crippen molar-refractivity contribution in [3.05, 3.63) is 0 Å². The average molecular weight is 706 g/mol. The lowest BCUT2D eigenvalue weighted by Gasteiger charge is -2.09. The molecule has 0 atom stereocenters. The number of quaternary nitrogens is 6. The molecular weight excluding hydrogens is 633 g/mol. The molecule has 0 amide bonds. The molecule has 39 heavy (non-hydrogen) atoms. The fraction of sp³-hybridized carbons (Fsp3) is 1.00. The largest absolute Gasteiger partial charge is 1.00 e. The Kier molecular flexibility index (Phi) is 97.8. The molecule has 0 aliphatic heterocycles. The van der Waals surface area contributed by atoms with Gasteiger partial charge in [-0.05, 0) is 19.3 Å². The second-order valence-electron chi connectivity index (χ2n) is 11.7. The lowest BCUT2D eigenvalue weighted by Crippen LogP contribution is -3.05. The minimum atomic E-state index is 0. The van der Waals surface area contributed by atoms with Crippen LogP contribution in [0.5, 0.6) is 0 Å². The number of nitrogens with zero attached hydrogens (tertiary/aromatic N) is 3. The Labute approximate surface area is 283 Å². The maximum Gasteiger partial charge on any atom is 0.0979 e. The molecular formula is C24H72Cl6N6O3. The SMILES string of the molecule is CCC[NH+](C)C.CCC[NH+](C)C.CCC[NH+](C)C.C[N+](C)(C)O.C[N+](C)(C)O.C[N+](C)(C)O.[Cl-].[Cl-].[Cl-].[Cl-].[Cl-].[Cl-]. The molecule has 258 valence electrons. The van der Waals surface area contributed by atoms with Gasteiger partial charge in [0.25, 0.3) is 0 Å². The molecule has 0 aromatic rings. The second kappa shape index (κ2) is 49.1. The van der Waals surface area contributed by atoms with Gasteiger partial charge in [0.05, 0.1) is 125 Å². The third-order valence-corrected chi connectivity index (χ3v) is 2.25. The highest BCUT2D eigenvalue weighted by Gasteiger charge is 1.94. The van der Waals surface area contributed by atoms with Crippen molar-refractivity contribution in [2.24, 2.45) is 0 Å². The molecule has 0 aliphatic rings. The first-order valence-electron chi connectivity index (χ1n) is 12.3. The van der Waals surface area contributed by atoms with Gasteiger partial charge in [-0.25, -0.2) is 15.6 Å². The van der Waals surface area contributed by atoms with Gasteiger partial charge in [-0.2, -0.15) is 13.9 Å². The Bertz CT molecular complexity index is 288. The number of rotatable bonds is 6. The number of hydrogen-bond donors (Lipinski definition) is 6. The quantitative estimate of drug-likeness (QED) is 0.123. The maximum atomic E-state index is 8.46. The Morgan fingerprint density at radius 1 is 0.359 bits per heavy atom. The fourth-order valence-electron chi connectivity index (χ4n) is 1.50. The summed E-state index contributed by atoms with van der Waals surface area (Å²) in [4.78, 5) is 4.62. The summed E-state index contributed by atoms with van der Waals surface area (Å²) in [5, 5.41) is 25.4. The van der Waals surface area contributed by atoms with Crippen molar-refractivity contribution in [3.63, 3.8) is 0 Å². The monoisotopic (exact) mass is 702 g/mol. The highest BCUT2D eigenvalue weighted by Crippen LogP contribution is 1.73. The van der Waals surface area contributed by atoms with Gasteiger partial charge in [0.15, 0.2) is 0 Å². The number of halogens is 6. The first-order chi connectivity index (χ1) is 14.3. The third-order valence-electron chi connectivity index (χ3n) is 2.25. The van der Waals surface area contributed by atoms with E-state index in [4.69, 9.17) is 15.6 Å². The predicted molar refractivity (Wildman–Crippen MR) is 143 cm³/mol. The van der Waals surface area contributed by atoms with Gasteiger partial charge in [-0.3, -0.25) is 0 Å². The lowest BCUT2D eigenvalue weighted by molar-refractivity contribution is -1.06. The zero-order valence-corrected chi connectivity index (χ0v) is 33.2. The smallest absolute Gasteiger partial charge is 0.0979 e. The highest BCUT2D eigenvalue weighted by atomic mass is 35.5. The van der Waals surface area contributed by atoms with Crippen LogP contribution in [0.3, 0.4) is 0 Å². The van der Waals surface area contributed by atoms with Crippen molar-refractivity contribution in [2.45, 2.75) is 40.0 Å². The molecule has 0 fully saturated rings. The molecule has 0 rings (SSSR count). The topological polar surface area (TPSA) is 74.0 Å². The third kappa shape index (κ3) is 511. The van der Waals surface area contributed by atoms with Crippen molar-refractivity contribution < 1.29 is 119 Å². The summed E-state index contributed by atoms with van der Waals surface area (Å²) in [6, 6.07) is 0. The molecule has 0 heterocycles. The van der Waals surface area contributed by atoms with Crippen LogP contribution in [0.4, 0.5) is 0 Å². The molecule has 9 nitrogen and oxygen atoms in total. The van der Waals surface area contributed by atoms with Crippen molar-refractivity contribution in [1.29, 1.82) is 0 Å². The van der Waals surface area contributed by atoms with E-state index in [1.54, 1.807) is 63.4 Å². The van der Waals surface area contributed by atoms with Gasteiger partial charge in [0.2, 0.25) is 0 Å². The molecule has 0 spiro atoms. The highest BCUT2D eigenvalue weighted by molar-refractivity contribution is 4.14. The zero-order chi connectivity index (χ0) is 28.5. The average Bonchev–Trinajstić information content (AvgIpc) is 2.42. The van der Waals surface area contributed by atoms with E-state index in [9.17, 15) is 0 Å². The van der Waals surface area contributed by atoms with Crippen LogP contribution in [-0.4, -0.2) is 155 Å². The van der Waals surface area contributed by atoms with Gasteiger partial charge in [0, 0.05) is 0 Å². The first-order valence-corrected chi connectivity index (χ1v) is 12.3. The summed E-state index contributed by atoms with van der Waals surface area (Å²) in [5.74, 6) is 0. The summed E-state index contributed by atoms with van der Waals surface area (Å²) < 4.78 is 0. The van der Waals surface area contributed by atoms with Crippen LogP contribution in [0.2, 0.25) is 0 Å². The van der Waals surface area contributed by atoms with Crippen LogP contribution in [0.15, 0.2) is 0 Å². The van der Waals surface area contributed by atoms with Crippen molar-refractivity contribution >= 4 is 0 Å². The van der Waals surface area contributed by atoms with Gasteiger partial charge < -0.3 is 89.1 Å². The number of hydroxylamine groups is 9. The summed E-state index contributed by atoms with van der Waals surface area (Å²) in [5.41, 5.74) is 0. The van der Waals surface area contributed by atoms with Crippen LogP contribution in [0.25, 0.3) is 0 Å². The van der Waals surface area contributed by atoms with Crippen LogP contribution < -0.4 is 89.1 Å². The minimum Gasteiger partial charge on any atom is -1.00 e. The van der Waals surface area contributed by atoms with E-state index >= 15 is 0 Å². The molecule has 0 unspecified atom stereocenters. The van der Waals surface area contributed by atoms with E-state index in [0.29, 0.717) is 0 Å². The molecule has 0 aromatic carbocycles. The minimum absolute atomic E-state index is 0. The first kappa shape index (κ1) is 77.7. The summed E-state index contributed by atoms with van der Waals surface area (Å²) in [6.45, 7) is 10.5. The Hall–Kier alpha value is 1.38. The predicted octanol–water partition coefficient (Wildman–Crippen LogP) is -19.1. The van der Waals surface area contributed by atoms with Gasteiger partial charge in [-0.15, -0.1) is 0 Å².